The van der Waals surface area contributed by atoms with E-state index in [0.717, 1.165) is 11.4 Å². The highest BCUT2D eigenvalue weighted by molar-refractivity contribution is 6.46. The van der Waals surface area contributed by atoms with Crippen molar-refractivity contribution in [2.75, 3.05) is 5.32 Å². The Hall–Kier alpha value is -2.28. The van der Waals surface area contributed by atoms with E-state index in [-0.39, 0.29) is 20.6 Å². The summed E-state index contributed by atoms with van der Waals surface area (Å²) in [7, 11) is 0. The number of hydrogen-bond donors (Lipinski definition) is 2. The molecular weight excluding hydrogens is 399 g/mol. The van der Waals surface area contributed by atoms with Crippen LogP contribution in [0.1, 0.15) is 21.7 Å². The maximum atomic E-state index is 12.5. The summed E-state index contributed by atoms with van der Waals surface area (Å²) in [6.07, 6.45) is 1.47. The van der Waals surface area contributed by atoms with Crippen LogP contribution in [-0.4, -0.2) is 25.8 Å². The van der Waals surface area contributed by atoms with Crippen LogP contribution >= 0.6 is 34.8 Å². The van der Waals surface area contributed by atoms with Gasteiger partial charge in [0, 0.05) is 5.69 Å². The van der Waals surface area contributed by atoms with Gasteiger partial charge in [0.15, 0.2) is 5.82 Å². The number of anilines is 1. The molecule has 0 spiro atoms. The molecule has 0 bridgehead atoms. The van der Waals surface area contributed by atoms with Crippen molar-refractivity contribution in [2.45, 2.75) is 13.8 Å². The number of nitrogens with zero attached hydrogens (tertiary/aromatic N) is 3. The average molecular weight is 412 g/mol. The maximum absolute atomic E-state index is 12.5. The third-order valence-corrected chi connectivity index (χ3v) is 4.68. The third kappa shape index (κ3) is 3.49. The van der Waals surface area contributed by atoms with Crippen LogP contribution in [0.25, 0.3) is 5.82 Å². The van der Waals surface area contributed by atoms with Gasteiger partial charge in [-0.05, 0) is 38.1 Å². The topological polar surface area (TPSA) is 80.0 Å². The van der Waals surface area contributed by atoms with Crippen LogP contribution in [-0.2, 0) is 0 Å². The minimum absolute atomic E-state index is 0.0671. The van der Waals surface area contributed by atoms with Gasteiger partial charge in [-0.15, -0.1) is 0 Å². The van der Waals surface area contributed by atoms with E-state index in [2.05, 4.69) is 15.4 Å². The molecule has 0 aliphatic heterocycles. The fourth-order valence-corrected chi connectivity index (χ4v) is 3.13. The highest BCUT2D eigenvalue weighted by atomic mass is 35.5. The number of benzene rings is 1. The minimum atomic E-state index is -0.655. The predicted molar refractivity (Wildman–Crippen MR) is 102 cm³/mol. The Balaban J connectivity index is 1.86. The number of carbonyl (C=O) groups excluding carboxylic acids is 1. The average Bonchev–Trinajstić information content (AvgIpc) is 2.92. The van der Waals surface area contributed by atoms with Crippen LogP contribution in [0.15, 0.2) is 30.5 Å². The zero-order valence-electron chi connectivity index (χ0n) is 13.7. The number of pyridine rings is 1. The van der Waals surface area contributed by atoms with E-state index >= 15 is 0 Å². The normalized spacial score (nSPS) is 10.8. The van der Waals surface area contributed by atoms with Crippen LogP contribution < -0.4 is 5.32 Å². The molecule has 0 saturated heterocycles. The molecule has 1 aromatic carbocycles. The van der Waals surface area contributed by atoms with E-state index in [1.165, 1.54) is 12.3 Å². The quantitative estimate of drug-likeness (QED) is 0.607. The highest BCUT2D eigenvalue weighted by Gasteiger charge is 2.21. The molecular formula is C17H13Cl3N4O2. The molecule has 6 nitrogen and oxygen atoms in total. The number of carbonyl (C=O) groups is 1. The second-order valence-corrected chi connectivity index (χ2v) is 6.77. The molecule has 3 rings (SSSR count). The SMILES string of the molecule is Cc1cc(C)n(-c2ccc(NC(=O)c3c(O)c(Cl)cc(Cl)c3Cl)cn2)n1. The molecule has 9 heteroatoms. The zero-order valence-corrected chi connectivity index (χ0v) is 16.0. The molecule has 2 N–H and O–H groups in total. The summed E-state index contributed by atoms with van der Waals surface area (Å²) in [6.45, 7) is 3.81. The van der Waals surface area contributed by atoms with E-state index in [0.29, 0.717) is 11.5 Å². The Morgan fingerprint density at radius 3 is 2.46 bits per heavy atom. The van der Waals surface area contributed by atoms with Crippen molar-refractivity contribution >= 4 is 46.4 Å². The van der Waals surface area contributed by atoms with E-state index in [1.807, 2.05) is 19.9 Å². The van der Waals surface area contributed by atoms with Gasteiger partial charge < -0.3 is 10.4 Å². The first-order valence-corrected chi connectivity index (χ1v) is 8.59. The first-order valence-electron chi connectivity index (χ1n) is 7.45. The molecule has 0 unspecified atom stereocenters. The molecule has 0 aliphatic rings. The number of aryl methyl sites for hydroxylation is 2. The largest absolute Gasteiger partial charge is 0.505 e. The zero-order chi connectivity index (χ0) is 19.0. The number of phenolic OH excluding ortho intramolecular Hbond substituents is 1. The fourth-order valence-electron chi connectivity index (χ4n) is 2.43. The number of aromatic nitrogens is 3. The number of amides is 1. The van der Waals surface area contributed by atoms with Gasteiger partial charge >= 0.3 is 0 Å². The van der Waals surface area contributed by atoms with Gasteiger partial charge in [-0.2, -0.15) is 5.10 Å². The van der Waals surface area contributed by atoms with Crippen LogP contribution in [0, 0.1) is 13.8 Å². The van der Waals surface area contributed by atoms with Gasteiger partial charge in [-0.1, -0.05) is 34.8 Å². The number of halogens is 3. The number of nitrogens with one attached hydrogen (secondary N) is 1. The molecule has 0 aliphatic carbocycles. The number of rotatable bonds is 3. The molecule has 2 aromatic heterocycles. The Kier molecular flexibility index (Phi) is 5.09. The van der Waals surface area contributed by atoms with E-state index in [4.69, 9.17) is 34.8 Å². The lowest BCUT2D eigenvalue weighted by atomic mass is 10.1. The van der Waals surface area contributed by atoms with Gasteiger partial charge in [-0.3, -0.25) is 4.79 Å². The lowest BCUT2D eigenvalue weighted by molar-refractivity contribution is 0.102. The van der Waals surface area contributed by atoms with Crippen molar-refractivity contribution in [1.29, 1.82) is 0 Å². The Labute approximate surface area is 164 Å². The standard InChI is InChI=1S/C17H13Cl3N4O2/c1-8-5-9(2)24(23-8)13-4-3-10(7-21-13)22-17(26)14-15(20)11(18)6-12(19)16(14)25/h3-7,25H,1-2H3,(H,22,26). The second kappa shape index (κ2) is 7.15. The minimum Gasteiger partial charge on any atom is -0.505 e. The molecule has 0 saturated carbocycles. The molecule has 0 atom stereocenters. The summed E-state index contributed by atoms with van der Waals surface area (Å²) in [5, 5.41) is 16.9. The smallest absolute Gasteiger partial charge is 0.261 e. The van der Waals surface area contributed by atoms with Crippen molar-refractivity contribution in [3.63, 3.8) is 0 Å². The second-order valence-electron chi connectivity index (χ2n) is 5.58. The predicted octanol–water partition coefficient (Wildman–Crippen LogP) is 4.80. The Bertz CT molecular complexity index is 974. The van der Waals surface area contributed by atoms with Crippen molar-refractivity contribution in [3.8, 4) is 11.6 Å². The summed E-state index contributed by atoms with van der Waals surface area (Å²) in [6, 6.07) is 6.57. The molecule has 1 amide bonds. The van der Waals surface area contributed by atoms with Crippen LogP contribution in [0.4, 0.5) is 5.69 Å². The number of phenols is 1. The van der Waals surface area contributed by atoms with Gasteiger partial charge in [0.05, 0.1) is 32.6 Å². The molecule has 0 fully saturated rings. The van der Waals surface area contributed by atoms with Gasteiger partial charge in [0.25, 0.3) is 5.91 Å². The Morgan fingerprint density at radius 1 is 1.15 bits per heavy atom. The highest BCUT2D eigenvalue weighted by Crippen LogP contribution is 2.38. The Morgan fingerprint density at radius 2 is 1.88 bits per heavy atom. The fraction of sp³-hybridized carbons (Fsp3) is 0.118. The van der Waals surface area contributed by atoms with Crippen LogP contribution in [0.2, 0.25) is 15.1 Å². The summed E-state index contributed by atoms with van der Waals surface area (Å²) >= 11 is 17.8. The molecule has 26 heavy (non-hydrogen) atoms. The van der Waals surface area contributed by atoms with E-state index in [1.54, 1.807) is 16.8 Å². The summed E-state index contributed by atoms with van der Waals surface area (Å²) in [5.41, 5.74) is 2.03. The van der Waals surface area contributed by atoms with Crippen molar-refractivity contribution in [2.24, 2.45) is 0 Å². The monoisotopic (exact) mass is 410 g/mol. The van der Waals surface area contributed by atoms with Crippen molar-refractivity contribution in [1.82, 2.24) is 14.8 Å². The van der Waals surface area contributed by atoms with Crippen LogP contribution in [0.3, 0.4) is 0 Å². The van der Waals surface area contributed by atoms with Crippen molar-refractivity contribution < 1.29 is 9.90 Å². The summed E-state index contributed by atoms with van der Waals surface area (Å²) in [5.74, 6) is -0.483. The first kappa shape index (κ1) is 18.5. The summed E-state index contributed by atoms with van der Waals surface area (Å²) < 4.78 is 1.69. The maximum Gasteiger partial charge on any atom is 0.261 e. The first-order chi connectivity index (χ1) is 12.3. The molecule has 2 heterocycles. The lowest BCUT2D eigenvalue weighted by Crippen LogP contribution is -2.13. The lowest BCUT2D eigenvalue weighted by Gasteiger charge is -2.11. The van der Waals surface area contributed by atoms with Gasteiger partial charge in [0.1, 0.15) is 11.3 Å². The molecule has 3 aromatic rings. The van der Waals surface area contributed by atoms with Crippen LogP contribution in [0.5, 0.6) is 5.75 Å². The van der Waals surface area contributed by atoms with Crippen molar-refractivity contribution in [3.05, 3.63) is 62.5 Å². The molecule has 0 radical (unpaired) electrons. The third-order valence-electron chi connectivity index (χ3n) is 3.61. The van der Waals surface area contributed by atoms with Gasteiger partial charge in [-0.25, -0.2) is 9.67 Å². The molecule has 134 valence electrons. The van der Waals surface area contributed by atoms with E-state index in [9.17, 15) is 9.90 Å². The van der Waals surface area contributed by atoms with Gasteiger partial charge in [0.2, 0.25) is 0 Å². The van der Waals surface area contributed by atoms with E-state index < -0.39 is 11.7 Å². The summed E-state index contributed by atoms with van der Waals surface area (Å²) in [4.78, 5) is 16.7. The number of hydrogen-bond acceptors (Lipinski definition) is 4. The number of aromatic hydroxyl groups is 1.